The van der Waals surface area contributed by atoms with Gasteiger partial charge in [-0.3, -0.25) is 19.2 Å². The number of rotatable bonds is 17. The Morgan fingerprint density at radius 1 is 0.806 bits per heavy atom. The number of hydrogen-bond acceptors (Lipinski definition) is 9. The van der Waals surface area contributed by atoms with Gasteiger partial charge in [-0.2, -0.15) is 0 Å². The van der Waals surface area contributed by atoms with Gasteiger partial charge in [-0.05, 0) is 40.0 Å². The fourth-order valence-corrected chi connectivity index (χ4v) is 3.76. The zero-order valence-electron chi connectivity index (χ0n) is 21.1. The molecule has 1 heterocycles. The van der Waals surface area contributed by atoms with Gasteiger partial charge in [0.2, 0.25) is 5.91 Å². The third kappa shape index (κ3) is 12.1. The van der Waals surface area contributed by atoms with E-state index in [1.165, 1.54) is 6.92 Å². The summed E-state index contributed by atoms with van der Waals surface area (Å²) in [6.45, 7) is 6.15. The summed E-state index contributed by atoms with van der Waals surface area (Å²) >= 11 is 0. The highest BCUT2D eigenvalue weighted by Crippen LogP contribution is 2.29. The Morgan fingerprint density at radius 3 is 1.69 bits per heavy atom. The van der Waals surface area contributed by atoms with Crippen LogP contribution in [0.5, 0.6) is 0 Å². The number of ether oxygens (including phenoxy) is 4. The van der Waals surface area contributed by atoms with Crippen LogP contribution in [0.25, 0.3) is 0 Å². The SMILES string of the molecule is CC(=O)N[C@@H]1[C@@H](OC(C)CCC(=O)O)[C@H](OC(C)CCC(=O)O)[C@@H](COC(C)CCC(=O)O)O[C@@H]1O. The second-order valence-electron chi connectivity index (χ2n) is 9.06. The predicted octanol–water partition coefficient (Wildman–Crippen LogP) is 0.755. The van der Waals surface area contributed by atoms with E-state index in [1.54, 1.807) is 20.8 Å². The van der Waals surface area contributed by atoms with E-state index >= 15 is 0 Å². The molecule has 1 saturated heterocycles. The largest absolute Gasteiger partial charge is 0.481 e. The van der Waals surface area contributed by atoms with Crippen molar-refractivity contribution >= 4 is 23.8 Å². The standard InChI is InChI=1S/C23H39NO12/c1-12(5-8-17(26)27)33-11-16-21(34-13(2)6-9-18(28)29)22(35-14(3)7-10-19(30)31)20(23(32)36-16)24-15(4)25/h12-14,16,20-23,32H,5-11H2,1-4H3,(H,24,25)(H,26,27)(H,28,29)(H,30,31)/t12?,13?,14?,16-,20-,21-,22-,23+/m1/s1. The first kappa shape index (κ1) is 31.7. The highest BCUT2D eigenvalue weighted by Gasteiger charge is 2.48. The van der Waals surface area contributed by atoms with Gasteiger partial charge in [0.15, 0.2) is 6.29 Å². The lowest BCUT2D eigenvalue weighted by atomic mass is 9.95. The summed E-state index contributed by atoms with van der Waals surface area (Å²) in [4.78, 5) is 44.7. The summed E-state index contributed by atoms with van der Waals surface area (Å²) < 4.78 is 23.7. The molecular formula is C23H39NO12. The number of carbonyl (C=O) groups is 4. The number of carboxylic acid groups (broad SMARTS) is 3. The van der Waals surface area contributed by atoms with Crippen LogP contribution in [0.2, 0.25) is 0 Å². The molecule has 1 aliphatic rings. The van der Waals surface area contributed by atoms with Gasteiger partial charge in [0.05, 0.1) is 24.9 Å². The molecule has 13 nitrogen and oxygen atoms in total. The number of carboxylic acids is 3. The van der Waals surface area contributed by atoms with Crippen LogP contribution in [0.3, 0.4) is 0 Å². The summed E-state index contributed by atoms with van der Waals surface area (Å²) in [5, 5.41) is 40.2. The Bertz CT molecular complexity index is 732. The van der Waals surface area contributed by atoms with Gasteiger partial charge in [-0.1, -0.05) is 0 Å². The van der Waals surface area contributed by atoms with E-state index in [4.69, 9.17) is 34.3 Å². The van der Waals surface area contributed by atoms with Gasteiger partial charge in [0.25, 0.3) is 0 Å². The molecule has 1 aliphatic heterocycles. The topological polar surface area (TPSA) is 198 Å². The molecule has 8 atom stereocenters. The van der Waals surface area contributed by atoms with Crippen molar-refractivity contribution in [2.45, 2.75) is 115 Å². The Hall–Kier alpha value is -2.32. The van der Waals surface area contributed by atoms with Crippen LogP contribution in [0.1, 0.15) is 66.2 Å². The summed E-state index contributed by atoms with van der Waals surface area (Å²) in [7, 11) is 0. The molecule has 1 rings (SSSR count). The number of aliphatic hydroxyl groups is 1. The zero-order chi connectivity index (χ0) is 27.4. The first-order valence-corrected chi connectivity index (χ1v) is 12.0. The summed E-state index contributed by atoms with van der Waals surface area (Å²) in [6, 6.07) is -1.06. The molecule has 0 bridgehead atoms. The van der Waals surface area contributed by atoms with E-state index in [1.807, 2.05) is 0 Å². The van der Waals surface area contributed by atoms with Crippen molar-refractivity contribution in [3.63, 3.8) is 0 Å². The fourth-order valence-electron chi connectivity index (χ4n) is 3.76. The molecule has 1 amide bonds. The van der Waals surface area contributed by atoms with Crippen LogP contribution in [0.4, 0.5) is 0 Å². The molecule has 208 valence electrons. The number of carbonyl (C=O) groups excluding carboxylic acids is 1. The second kappa shape index (κ2) is 15.7. The van der Waals surface area contributed by atoms with E-state index in [2.05, 4.69) is 5.32 Å². The number of nitrogens with one attached hydrogen (secondary N) is 1. The lowest BCUT2D eigenvalue weighted by Crippen LogP contribution is -2.66. The molecule has 3 unspecified atom stereocenters. The first-order valence-electron chi connectivity index (χ1n) is 12.0. The van der Waals surface area contributed by atoms with Crippen molar-refractivity contribution in [1.82, 2.24) is 5.32 Å². The predicted molar refractivity (Wildman–Crippen MR) is 123 cm³/mol. The van der Waals surface area contributed by atoms with Gasteiger partial charge >= 0.3 is 17.9 Å². The third-order valence-corrected chi connectivity index (χ3v) is 5.65. The van der Waals surface area contributed by atoms with Crippen molar-refractivity contribution in [3.8, 4) is 0 Å². The molecule has 5 N–H and O–H groups in total. The first-order chi connectivity index (χ1) is 16.8. The van der Waals surface area contributed by atoms with Crippen LogP contribution in [-0.4, -0.2) is 99.8 Å². The zero-order valence-corrected chi connectivity index (χ0v) is 21.1. The Balaban J connectivity index is 3.15. The van der Waals surface area contributed by atoms with E-state index < -0.39 is 72.8 Å². The summed E-state index contributed by atoms with van der Waals surface area (Å²) in [5.41, 5.74) is 0. The third-order valence-electron chi connectivity index (χ3n) is 5.65. The van der Waals surface area contributed by atoms with Gasteiger partial charge in [0.1, 0.15) is 24.4 Å². The monoisotopic (exact) mass is 521 g/mol. The second-order valence-corrected chi connectivity index (χ2v) is 9.06. The molecule has 0 aromatic carbocycles. The summed E-state index contributed by atoms with van der Waals surface area (Å²) in [5.74, 6) is -3.44. The van der Waals surface area contributed by atoms with Crippen molar-refractivity contribution in [1.29, 1.82) is 0 Å². The molecule has 0 spiro atoms. The Kier molecular flexibility index (Phi) is 13.8. The van der Waals surface area contributed by atoms with Gasteiger partial charge in [-0.15, -0.1) is 0 Å². The quantitative estimate of drug-likeness (QED) is 0.180. The summed E-state index contributed by atoms with van der Waals surface area (Å²) in [6.07, 6.45) is -5.81. The fraction of sp³-hybridized carbons (Fsp3) is 0.826. The lowest BCUT2D eigenvalue weighted by Gasteiger charge is -2.46. The smallest absolute Gasteiger partial charge is 0.303 e. The van der Waals surface area contributed by atoms with Crippen molar-refractivity contribution < 1.29 is 58.6 Å². The van der Waals surface area contributed by atoms with Crippen LogP contribution >= 0.6 is 0 Å². The minimum atomic E-state index is -1.51. The van der Waals surface area contributed by atoms with Crippen LogP contribution in [0.15, 0.2) is 0 Å². The Labute approximate surface area is 210 Å². The van der Waals surface area contributed by atoms with Gasteiger partial charge in [-0.25, -0.2) is 0 Å². The Morgan fingerprint density at radius 2 is 1.25 bits per heavy atom. The van der Waals surface area contributed by atoms with Gasteiger partial charge in [0, 0.05) is 26.2 Å². The molecule has 13 heteroatoms. The molecule has 36 heavy (non-hydrogen) atoms. The molecule has 0 saturated carbocycles. The number of aliphatic carboxylic acids is 3. The number of hydrogen-bond donors (Lipinski definition) is 5. The van der Waals surface area contributed by atoms with Crippen LogP contribution < -0.4 is 5.32 Å². The molecule has 0 aromatic heterocycles. The molecule has 1 fully saturated rings. The van der Waals surface area contributed by atoms with Crippen molar-refractivity contribution in [3.05, 3.63) is 0 Å². The normalized spacial score (nSPS) is 26.5. The van der Waals surface area contributed by atoms with E-state index in [0.717, 1.165) is 0 Å². The maximum Gasteiger partial charge on any atom is 0.303 e. The molecular weight excluding hydrogens is 482 g/mol. The average molecular weight is 522 g/mol. The van der Waals surface area contributed by atoms with Crippen LogP contribution in [0, 0.1) is 0 Å². The van der Waals surface area contributed by atoms with Crippen molar-refractivity contribution in [2.75, 3.05) is 6.61 Å². The molecule has 0 radical (unpaired) electrons. The highest BCUT2D eigenvalue weighted by atomic mass is 16.7. The van der Waals surface area contributed by atoms with E-state index in [-0.39, 0.29) is 45.1 Å². The maximum atomic E-state index is 11.8. The lowest BCUT2D eigenvalue weighted by molar-refractivity contribution is -0.286. The molecule has 0 aliphatic carbocycles. The number of amides is 1. The maximum absolute atomic E-state index is 11.8. The van der Waals surface area contributed by atoms with E-state index in [9.17, 15) is 24.3 Å². The van der Waals surface area contributed by atoms with Crippen LogP contribution in [-0.2, 0) is 38.1 Å². The minimum Gasteiger partial charge on any atom is -0.481 e. The van der Waals surface area contributed by atoms with Crippen molar-refractivity contribution in [2.24, 2.45) is 0 Å². The molecule has 0 aromatic rings. The van der Waals surface area contributed by atoms with E-state index in [0.29, 0.717) is 0 Å². The number of aliphatic hydroxyl groups excluding tert-OH is 1. The van der Waals surface area contributed by atoms with Gasteiger partial charge < -0.3 is 44.7 Å². The highest BCUT2D eigenvalue weighted by molar-refractivity contribution is 5.73. The minimum absolute atomic E-state index is 0.0983. The average Bonchev–Trinajstić information content (AvgIpc) is 2.77.